The molecule has 0 radical (unpaired) electrons. The van der Waals surface area contributed by atoms with Crippen LogP contribution in [0.2, 0.25) is 0 Å². The smallest absolute Gasteiger partial charge is 0.293 e. The third kappa shape index (κ3) is 4.93. The summed E-state index contributed by atoms with van der Waals surface area (Å²) in [6.07, 6.45) is 1.66. The molecule has 0 spiro atoms. The maximum absolute atomic E-state index is 12.8. The van der Waals surface area contributed by atoms with E-state index in [0.29, 0.717) is 22.8 Å². The van der Waals surface area contributed by atoms with Gasteiger partial charge in [0.15, 0.2) is 0 Å². The highest BCUT2D eigenvalue weighted by molar-refractivity contribution is 6.05. The molecule has 0 fully saturated rings. The van der Waals surface area contributed by atoms with Crippen molar-refractivity contribution in [2.75, 3.05) is 10.6 Å². The largest absolute Gasteiger partial charge is 0.441 e. The predicted octanol–water partition coefficient (Wildman–Crippen LogP) is 5.69. The number of anilines is 2. The summed E-state index contributed by atoms with van der Waals surface area (Å²) in [5.74, 6) is 0.714. The summed E-state index contributed by atoms with van der Waals surface area (Å²) in [6, 6.07) is 16.6. The molecule has 4 rings (SSSR count). The lowest BCUT2D eigenvalue weighted by Crippen LogP contribution is -2.14. The minimum absolute atomic E-state index is 0.163. The molecular weight excluding hydrogens is 434 g/mol. The van der Waals surface area contributed by atoms with E-state index in [1.807, 2.05) is 39.0 Å². The summed E-state index contributed by atoms with van der Waals surface area (Å²) >= 11 is 0. The fourth-order valence-corrected chi connectivity index (χ4v) is 3.41. The van der Waals surface area contributed by atoms with Gasteiger partial charge in [-0.1, -0.05) is 12.1 Å². The number of aryl methyl sites for hydroxylation is 2. The molecule has 1 atom stereocenters. The van der Waals surface area contributed by atoms with Crippen molar-refractivity contribution >= 4 is 23.0 Å². The van der Waals surface area contributed by atoms with Crippen molar-refractivity contribution in [3.05, 3.63) is 99.7 Å². The van der Waals surface area contributed by atoms with Crippen LogP contribution in [0.4, 0.5) is 17.1 Å². The monoisotopic (exact) mass is 457 g/mol. The number of nitrogens with zero attached hydrogens (tertiary/aromatic N) is 3. The molecule has 0 aliphatic heterocycles. The minimum atomic E-state index is -0.516. The number of aromatic nitrogens is 2. The van der Waals surface area contributed by atoms with Crippen molar-refractivity contribution < 1.29 is 14.1 Å². The van der Waals surface area contributed by atoms with Gasteiger partial charge in [0.25, 0.3) is 11.6 Å². The first kappa shape index (κ1) is 22.7. The van der Waals surface area contributed by atoms with Crippen LogP contribution in [-0.2, 0) is 0 Å². The van der Waals surface area contributed by atoms with Gasteiger partial charge in [-0.15, -0.1) is 0 Å². The van der Waals surface area contributed by atoms with Gasteiger partial charge in [0.05, 0.1) is 22.4 Å². The lowest BCUT2D eigenvalue weighted by Gasteiger charge is -2.15. The number of pyridine rings is 1. The summed E-state index contributed by atoms with van der Waals surface area (Å²) in [6.45, 7) is 5.55. The number of nitro benzene ring substituents is 1. The number of oxazole rings is 1. The van der Waals surface area contributed by atoms with Crippen LogP contribution in [0.3, 0.4) is 0 Å². The Labute approximate surface area is 196 Å². The van der Waals surface area contributed by atoms with Crippen LogP contribution in [0.1, 0.15) is 40.5 Å². The van der Waals surface area contributed by atoms with Crippen LogP contribution >= 0.6 is 0 Å². The molecule has 0 bridgehead atoms. The van der Waals surface area contributed by atoms with Crippen LogP contribution in [0.5, 0.6) is 0 Å². The zero-order valence-corrected chi connectivity index (χ0v) is 18.9. The van der Waals surface area contributed by atoms with Crippen molar-refractivity contribution in [3.63, 3.8) is 0 Å². The van der Waals surface area contributed by atoms with Gasteiger partial charge < -0.3 is 15.1 Å². The maximum atomic E-state index is 12.8. The lowest BCUT2D eigenvalue weighted by molar-refractivity contribution is -0.384. The molecule has 1 unspecified atom stereocenters. The summed E-state index contributed by atoms with van der Waals surface area (Å²) in [4.78, 5) is 32.7. The molecule has 34 heavy (non-hydrogen) atoms. The predicted molar refractivity (Wildman–Crippen MR) is 129 cm³/mol. The molecule has 2 heterocycles. The number of nitro groups is 1. The van der Waals surface area contributed by atoms with Gasteiger partial charge in [-0.05, 0) is 63.2 Å². The van der Waals surface area contributed by atoms with Gasteiger partial charge in [-0.3, -0.25) is 19.9 Å². The number of rotatable bonds is 7. The van der Waals surface area contributed by atoms with Gasteiger partial charge in [0.1, 0.15) is 11.4 Å². The number of hydrogen-bond donors (Lipinski definition) is 2. The lowest BCUT2D eigenvalue weighted by atomic mass is 10.1. The quantitative estimate of drug-likeness (QED) is 0.270. The van der Waals surface area contributed by atoms with Crippen LogP contribution < -0.4 is 10.6 Å². The van der Waals surface area contributed by atoms with E-state index in [0.717, 1.165) is 17.1 Å². The number of nitrogens with one attached hydrogen (secondary N) is 2. The van der Waals surface area contributed by atoms with Crippen molar-refractivity contribution in [1.29, 1.82) is 0 Å². The molecule has 0 aliphatic rings. The Morgan fingerprint density at radius 2 is 1.91 bits per heavy atom. The fourth-order valence-electron chi connectivity index (χ4n) is 3.41. The van der Waals surface area contributed by atoms with Crippen LogP contribution in [0.15, 0.2) is 71.3 Å². The Balaban J connectivity index is 1.54. The molecular formula is C25H23N5O4. The molecule has 0 saturated carbocycles. The molecule has 0 saturated heterocycles. The van der Waals surface area contributed by atoms with Gasteiger partial charge in [-0.2, -0.15) is 0 Å². The van der Waals surface area contributed by atoms with E-state index < -0.39 is 10.8 Å². The van der Waals surface area contributed by atoms with E-state index in [9.17, 15) is 14.9 Å². The fraction of sp³-hybridized carbons (Fsp3) is 0.160. The molecule has 9 nitrogen and oxygen atoms in total. The molecule has 172 valence electrons. The van der Waals surface area contributed by atoms with E-state index in [4.69, 9.17) is 4.42 Å². The minimum Gasteiger partial charge on any atom is -0.441 e. The van der Waals surface area contributed by atoms with Crippen LogP contribution in [0, 0.1) is 24.0 Å². The van der Waals surface area contributed by atoms with E-state index in [1.54, 1.807) is 36.5 Å². The maximum Gasteiger partial charge on any atom is 0.293 e. The summed E-state index contributed by atoms with van der Waals surface area (Å²) < 4.78 is 5.65. The number of hydrogen-bond acceptors (Lipinski definition) is 7. The first-order chi connectivity index (χ1) is 16.3. The molecule has 2 aromatic heterocycles. The Hall–Kier alpha value is -4.53. The highest BCUT2D eigenvalue weighted by atomic mass is 16.6. The van der Waals surface area contributed by atoms with Gasteiger partial charge in [-0.25, -0.2) is 4.98 Å². The Bertz CT molecular complexity index is 1330. The summed E-state index contributed by atoms with van der Waals surface area (Å²) in [7, 11) is 0. The van der Waals surface area contributed by atoms with Gasteiger partial charge >= 0.3 is 0 Å². The second kappa shape index (κ2) is 9.53. The summed E-state index contributed by atoms with van der Waals surface area (Å²) in [5.41, 5.74) is 3.03. The van der Waals surface area contributed by atoms with Crippen LogP contribution in [-0.4, -0.2) is 20.8 Å². The summed E-state index contributed by atoms with van der Waals surface area (Å²) in [5, 5.41) is 17.6. The molecule has 4 aromatic rings. The molecule has 1 amide bonds. The van der Waals surface area contributed by atoms with Crippen molar-refractivity contribution in [3.8, 4) is 11.5 Å². The average molecular weight is 457 g/mol. The van der Waals surface area contributed by atoms with Crippen molar-refractivity contribution in [2.24, 2.45) is 0 Å². The highest BCUT2D eigenvalue weighted by Crippen LogP contribution is 2.30. The Morgan fingerprint density at radius 1 is 1.09 bits per heavy atom. The van der Waals surface area contributed by atoms with E-state index in [1.165, 1.54) is 12.1 Å². The van der Waals surface area contributed by atoms with Gasteiger partial charge in [0.2, 0.25) is 5.89 Å². The van der Waals surface area contributed by atoms with Crippen molar-refractivity contribution in [2.45, 2.75) is 26.8 Å². The second-order valence-corrected chi connectivity index (χ2v) is 7.81. The highest BCUT2D eigenvalue weighted by Gasteiger charge is 2.20. The number of benzene rings is 2. The molecule has 9 heteroatoms. The topological polar surface area (TPSA) is 123 Å². The first-order valence-electron chi connectivity index (χ1n) is 10.6. The van der Waals surface area contributed by atoms with Crippen molar-refractivity contribution in [1.82, 2.24) is 9.97 Å². The Morgan fingerprint density at radius 3 is 2.59 bits per heavy atom. The first-order valence-corrected chi connectivity index (χ1v) is 10.6. The zero-order chi connectivity index (χ0) is 24.2. The van der Waals surface area contributed by atoms with E-state index in [2.05, 4.69) is 20.6 Å². The molecule has 2 aromatic carbocycles. The van der Waals surface area contributed by atoms with Crippen LogP contribution in [0.25, 0.3) is 11.5 Å². The molecule has 2 N–H and O–H groups in total. The van der Waals surface area contributed by atoms with E-state index >= 15 is 0 Å². The molecule has 0 aliphatic carbocycles. The second-order valence-electron chi connectivity index (χ2n) is 7.81. The number of amides is 1. The third-order valence-electron chi connectivity index (χ3n) is 5.36. The normalized spacial score (nSPS) is 11.6. The standard InChI is InChI=1S/C25H23N5O4/c1-15-17(3)34-25(28-15)19-7-6-8-20(13-19)29-24(31)18-10-11-22(23(14-18)30(32)33)27-16(2)21-9-4-5-12-26-21/h4-14,16,27H,1-3H3,(H,29,31). The van der Waals surface area contributed by atoms with E-state index in [-0.39, 0.29) is 17.3 Å². The number of carbonyl (C=O) groups is 1. The number of carbonyl (C=O) groups excluding carboxylic acids is 1. The zero-order valence-electron chi connectivity index (χ0n) is 18.9. The average Bonchev–Trinajstić information content (AvgIpc) is 3.18. The Kier molecular flexibility index (Phi) is 6.35. The third-order valence-corrected chi connectivity index (χ3v) is 5.36. The van der Waals surface area contributed by atoms with Gasteiger partial charge in [0, 0.05) is 29.1 Å². The SMILES string of the molecule is Cc1nc(-c2cccc(NC(=O)c3ccc(NC(C)c4ccccn4)c([N+](=O)[O-])c3)c2)oc1C.